The van der Waals surface area contributed by atoms with Crippen LogP contribution in [-0.2, 0) is 24.2 Å². The Morgan fingerprint density at radius 2 is 2.10 bits per heavy atom. The third-order valence-corrected chi connectivity index (χ3v) is 6.49. The van der Waals surface area contributed by atoms with Gasteiger partial charge in [-0.15, -0.1) is 35.3 Å². The van der Waals surface area contributed by atoms with E-state index in [0.717, 1.165) is 43.3 Å². The van der Waals surface area contributed by atoms with E-state index < -0.39 is 0 Å². The van der Waals surface area contributed by atoms with Crippen LogP contribution >= 0.6 is 35.3 Å². The molecule has 1 aromatic heterocycles. The van der Waals surface area contributed by atoms with Crippen molar-refractivity contribution < 1.29 is 9.47 Å². The van der Waals surface area contributed by atoms with Gasteiger partial charge in [-0.25, -0.2) is 0 Å². The molecule has 2 heterocycles. The molecule has 1 atom stereocenters. The van der Waals surface area contributed by atoms with Gasteiger partial charge in [0, 0.05) is 56.8 Å². The summed E-state index contributed by atoms with van der Waals surface area (Å²) < 4.78 is 11.0. The highest BCUT2D eigenvalue weighted by Gasteiger charge is 2.21. The first-order chi connectivity index (χ1) is 14.6. The van der Waals surface area contributed by atoms with Crippen LogP contribution in [0.15, 0.2) is 34.6 Å². The Hall–Kier alpha value is -1.36. The zero-order chi connectivity index (χ0) is 21.3. The lowest BCUT2D eigenvalue weighted by Crippen LogP contribution is -2.47. The fourth-order valence-electron chi connectivity index (χ4n) is 3.60. The van der Waals surface area contributed by atoms with E-state index in [9.17, 15) is 0 Å². The Bertz CT molecular complexity index is 843. The summed E-state index contributed by atoms with van der Waals surface area (Å²) in [6, 6.07) is 8.98. The Kier molecular flexibility index (Phi) is 11.1. The van der Waals surface area contributed by atoms with E-state index in [-0.39, 0.29) is 24.0 Å². The standard InChI is InChI=1S/C23H34N4O2S.HI/c1-17-5-6-19(21(13-17)29-11-10-28-4)15-26-23(24-3)25-14-18(2)27-9-7-22-20(16-27)8-12-30-22;/h5-6,8,12-13,18H,7,9-11,14-16H2,1-4H3,(H2,24,25,26);1H. The highest BCUT2D eigenvalue weighted by atomic mass is 127. The summed E-state index contributed by atoms with van der Waals surface area (Å²) in [6.07, 6.45) is 1.16. The number of methoxy groups -OCH3 is 1. The van der Waals surface area contributed by atoms with Crippen LogP contribution in [0.4, 0.5) is 0 Å². The summed E-state index contributed by atoms with van der Waals surface area (Å²) in [7, 11) is 3.49. The molecular weight excluding hydrogens is 523 g/mol. The van der Waals surface area contributed by atoms with Crippen LogP contribution in [0.2, 0.25) is 0 Å². The van der Waals surface area contributed by atoms with Crippen LogP contribution in [-0.4, -0.2) is 57.4 Å². The maximum atomic E-state index is 5.89. The van der Waals surface area contributed by atoms with Crippen LogP contribution in [0.3, 0.4) is 0 Å². The first-order valence-electron chi connectivity index (χ1n) is 10.6. The second kappa shape index (κ2) is 13.2. The fourth-order valence-corrected chi connectivity index (χ4v) is 4.49. The number of fused-ring (bicyclic) bond motifs is 1. The molecule has 8 heteroatoms. The van der Waals surface area contributed by atoms with Gasteiger partial charge in [-0.3, -0.25) is 9.89 Å². The third-order valence-electron chi connectivity index (χ3n) is 5.46. The predicted octanol–water partition coefficient (Wildman–Crippen LogP) is 3.81. The minimum absolute atomic E-state index is 0. The maximum Gasteiger partial charge on any atom is 0.191 e. The van der Waals surface area contributed by atoms with E-state index in [0.29, 0.717) is 25.8 Å². The van der Waals surface area contributed by atoms with Crippen molar-refractivity contribution in [1.82, 2.24) is 15.5 Å². The minimum atomic E-state index is 0. The van der Waals surface area contributed by atoms with Crippen molar-refractivity contribution in [3.05, 3.63) is 51.2 Å². The number of nitrogens with one attached hydrogen (secondary N) is 2. The molecule has 2 N–H and O–H groups in total. The molecule has 0 spiro atoms. The zero-order valence-corrected chi connectivity index (χ0v) is 22.1. The van der Waals surface area contributed by atoms with Crippen LogP contribution < -0.4 is 15.4 Å². The van der Waals surface area contributed by atoms with Crippen molar-refractivity contribution in [3.8, 4) is 5.75 Å². The molecule has 172 valence electrons. The second-order valence-electron chi connectivity index (χ2n) is 7.70. The molecule has 0 bridgehead atoms. The van der Waals surface area contributed by atoms with Gasteiger partial charge in [0.1, 0.15) is 12.4 Å². The van der Waals surface area contributed by atoms with E-state index in [1.807, 2.05) is 18.4 Å². The molecule has 6 nitrogen and oxygen atoms in total. The minimum Gasteiger partial charge on any atom is -0.491 e. The largest absolute Gasteiger partial charge is 0.491 e. The normalized spacial score (nSPS) is 15.0. The Balaban J connectivity index is 0.00000341. The second-order valence-corrected chi connectivity index (χ2v) is 8.70. The van der Waals surface area contributed by atoms with Gasteiger partial charge in [0.25, 0.3) is 0 Å². The number of hydrogen-bond acceptors (Lipinski definition) is 5. The number of guanidine groups is 1. The van der Waals surface area contributed by atoms with Gasteiger partial charge in [0.2, 0.25) is 0 Å². The van der Waals surface area contributed by atoms with Gasteiger partial charge in [-0.1, -0.05) is 12.1 Å². The molecule has 0 aliphatic carbocycles. The molecule has 2 aromatic rings. The lowest BCUT2D eigenvalue weighted by Gasteiger charge is -2.32. The van der Waals surface area contributed by atoms with E-state index in [1.165, 1.54) is 11.1 Å². The lowest BCUT2D eigenvalue weighted by molar-refractivity contribution is 0.145. The van der Waals surface area contributed by atoms with E-state index in [4.69, 9.17) is 9.47 Å². The van der Waals surface area contributed by atoms with Gasteiger partial charge in [-0.05, 0) is 48.9 Å². The van der Waals surface area contributed by atoms with Crippen molar-refractivity contribution in [2.45, 2.75) is 39.4 Å². The van der Waals surface area contributed by atoms with Crippen molar-refractivity contribution in [3.63, 3.8) is 0 Å². The number of ether oxygens (including phenoxy) is 2. The van der Waals surface area contributed by atoms with Crippen LogP contribution in [0.5, 0.6) is 5.75 Å². The molecule has 1 aliphatic rings. The monoisotopic (exact) mass is 558 g/mol. The highest BCUT2D eigenvalue weighted by Crippen LogP contribution is 2.25. The van der Waals surface area contributed by atoms with E-state index >= 15 is 0 Å². The summed E-state index contributed by atoms with van der Waals surface area (Å²) in [5, 5.41) is 9.10. The van der Waals surface area contributed by atoms with Crippen molar-refractivity contribution in [2.75, 3.05) is 40.5 Å². The van der Waals surface area contributed by atoms with Crippen molar-refractivity contribution >= 4 is 41.3 Å². The van der Waals surface area contributed by atoms with Gasteiger partial charge in [-0.2, -0.15) is 0 Å². The summed E-state index contributed by atoms with van der Waals surface area (Å²) in [6.45, 7) is 9.13. The Labute approximate surface area is 207 Å². The molecule has 1 unspecified atom stereocenters. The lowest BCUT2D eigenvalue weighted by atomic mass is 10.1. The smallest absolute Gasteiger partial charge is 0.191 e. The summed E-state index contributed by atoms with van der Waals surface area (Å²) in [5.74, 6) is 1.70. The quantitative estimate of drug-likeness (QED) is 0.212. The van der Waals surface area contributed by atoms with Gasteiger partial charge in [0.05, 0.1) is 6.61 Å². The number of aryl methyl sites for hydroxylation is 1. The molecule has 0 radical (unpaired) electrons. The number of nitrogens with zero attached hydrogens (tertiary/aromatic N) is 2. The van der Waals surface area contributed by atoms with Crippen LogP contribution in [0, 0.1) is 6.92 Å². The number of halogens is 1. The van der Waals surface area contributed by atoms with Crippen LogP contribution in [0.1, 0.15) is 28.5 Å². The first kappa shape index (κ1) is 25.9. The molecule has 1 aliphatic heterocycles. The Morgan fingerprint density at radius 3 is 2.87 bits per heavy atom. The highest BCUT2D eigenvalue weighted by molar-refractivity contribution is 14.0. The van der Waals surface area contributed by atoms with Crippen molar-refractivity contribution in [1.29, 1.82) is 0 Å². The third kappa shape index (κ3) is 7.62. The summed E-state index contributed by atoms with van der Waals surface area (Å²) in [4.78, 5) is 8.47. The average molecular weight is 559 g/mol. The van der Waals surface area contributed by atoms with Crippen molar-refractivity contribution in [2.24, 2.45) is 4.99 Å². The van der Waals surface area contributed by atoms with E-state index in [1.54, 1.807) is 12.0 Å². The molecular formula is C23H35IN4O2S. The Morgan fingerprint density at radius 1 is 1.26 bits per heavy atom. The maximum absolute atomic E-state index is 5.89. The van der Waals surface area contributed by atoms with Gasteiger partial charge < -0.3 is 20.1 Å². The number of benzene rings is 1. The molecule has 31 heavy (non-hydrogen) atoms. The van der Waals surface area contributed by atoms with Crippen LogP contribution in [0.25, 0.3) is 0 Å². The summed E-state index contributed by atoms with van der Waals surface area (Å²) in [5.41, 5.74) is 3.77. The molecule has 0 fully saturated rings. The first-order valence-corrected chi connectivity index (χ1v) is 11.4. The average Bonchev–Trinajstić information content (AvgIpc) is 3.23. The molecule has 1 aromatic carbocycles. The molecule has 3 rings (SSSR count). The predicted molar refractivity (Wildman–Crippen MR) is 140 cm³/mol. The topological polar surface area (TPSA) is 58.1 Å². The van der Waals surface area contributed by atoms with E-state index in [2.05, 4.69) is 64.0 Å². The fraction of sp³-hybridized carbons (Fsp3) is 0.522. The number of thiophene rings is 1. The number of rotatable bonds is 9. The zero-order valence-electron chi connectivity index (χ0n) is 18.9. The SMILES string of the molecule is CN=C(NCc1ccc(C)cc1OCCOC)NCC(C)N1CCc2sccc2C1.I. The summed E-state index contributed by atoms with van der Waals surface area (Å²) >= 11 is 1.88. The van der Waals surface area contributed by atoms with Gasteiger partial charge >= 0.3 is 0 Å². The molecule has 0 amide bonds. The molecule has 0 saturated heterocycles. The number of hydrogen-bond donors (Lipinski definition) is 2. The number of aliphatic imine (C=N–C) groups is 1. The molecule has 0 saturated carbocycles. The van der Waals surface area contributed by atoms with Gasteiger partial charge in [0.15, 0.2) is 5.96 Å².